The molecule has 29 heavy (non-hydrogen) atoms. The zero-order valence-electron chi connectivity index (χ0n) is 17.1. The molecule has 7 heteroatoms. The Morgan fingerprint density at radius 3 is 2.55 bits per heavy atom. The Bertz CT molecular complexity index is 900. The van der Waals surface area contributed by atoms with Crippen LogP contribution in [0.2, 0.25) is 0 Å². The molecule has 1 aromatic carbocycles. The van der Waals surface area contributed by atoms with Crippen LogP contribution in [-0.4, -0.2) is 33.7 Å². The van der Waals surface area contributed by atoms with E-state index in [9.17, 15) is 9.59 Å². The summed E-state index contributed by atoms with van der Waals surface area (Å²) >= 11 is 1.51. The third kappa shape index (κ3) is 4.34. The predicted molar refractivity (Wildman–Crippen MR) is 117 cm³/mol. The second-order valence-corrected chi connectivity index (χ2v) is 8.85. The van der Waals surface area contributed by atoms with E-state index in [1.165, 1.54) is 43.1 Å². The Hall–Kier alpha value is -2.28. The maximum Gasteiger partial charge on any atom is 0.234 e. The van der Waals surface area contributed by atoms with E-state index in [1.54, 1.807) is 4.90 Å². The van der Waals surface area contributed by atoms with Gasteiger partial charge in [-0.3, -0.25) is 9.59 Å². The molecule has 0 unspecified atom stereocenters. The van der Waals surface area contributed by atoms with Crippen molar-refractivity contribution in [2.45, 2.75) is 63.6 Å². The molecule has 1 saturated heterocycles. The number of nitrogens with one attached hydrogen (secondary N) is 1. The standard InChI is InChI=1S/C22H28N4O2S/c1-15-16(2)26(19-6-3-4-7-19)22(23-15)29-14-20(27)24-17-9-11-18(12-10-17)25-13-5-8-21(25)28/h9-12,19H,3-8,13-14H2,1-2H3,(H,24,27). The van der Waals surface area contributed by atoms with Crippen molar-refractivity contribution in [1.29, 1.82) is 0 Å². The normalized spacial score (nSPS) is 17.3. The van der Waals surface area contributed by atoms with E-state index in [0.29, 0.717) is 18.2 Å². The Kier molecular flexibility index (Phi) is 5.94. The Morgan fingerprint density at radius 1 is 1.17 bits per heavy atom. The number of carbonyl (C=O) groups excluding carboxylic acids is 2. The molecule has 2 fully saturated rings. The van der Waals surface area contributed by atoms with Crippen LogP contribution >= 0.6 is 11.8 Å². The van der Waals surface area contributed by atoms with Gasteiger partial charge in [-0.25, -0.2) is 4.98 Å². The second kappa shape index (κ2) is 8.61. The number of rotatable bonds is 6. The van der Waals surface area contributed by atoms with Gasteiger partial charge in [0.25, 0.3) is 0 Å². The van der Waals surface area contributed by atoms with Crippen LogP contribution < -0.4 is 10.2 Å². The highest BCUT2D eigenvalue weighted by atomic mass is 32.2. The van der Waals surface area contributed by atoms with Gasteiger partial charge in [0, 0.05) is 36.1 Å². The van der Waals surface area contributed by atoms with Gasteiger partial charge in [0.2, 0.25) is 11.8 Å². The Labute approximate surface area is 176 Å². The number of hydrogen-bond acceptors (Lipinski definition) is 4. The van der Waals surface area contributed by atoms with E-state index in [2.05, 4.69) is 16.8 Å². The lowest BCUT2D eigenvalue weighted by molar-refractivity contribution is -0.117. The zero-order chi connectivity index (χ0) is 20.4. The molecule has 2 amide bonds. The molecule has 2 aliphatic rings. The monoisotopic (exact) mass is 412 g/mol. The SMILES string of the molecule is Cc1nc(SCC(=O)Nc2ccc(N3CCCC3=O)cc2)n(C2CCCC2)c1C. The van der Waals surface area contributed by atoms with Crippen molar-refractivity contribution in [2.24, 2.45) is 0 Å². The number of amides is 2. The maximum absolute atomic E-state index is 12.5. The maximum atomic E-state index is 12.5. The van der Waals surface area contributed by atoms with Gasteiger partial charge in [0.15, 0.2) is 5.16 Å². The van der Waals surface area contributed by atoms with E-state index in [4.69, 9.17) is 4.98 Å². The molecule has 1 aliphatic carbocycles. The van der Waals surface area contributed by atoms with Crippen LogP contribution in [0, 0.1) is 13.8 Å². The number of hydrogen-bond donors (Lipinski definition) is 1. The lowest BCUT2D eigenvalue weighted by Gasteiger charge is -2.17. The molecular formula is C22H28N4O2S. The molecule has 1 saturated carbocycles. The van der Waals surface area contributed by atoms with Crippen molar-refractivity contribution < 1.29 is 9.59 Å². The molecule has 0 spiro atoms. The number of anilines is 2. The highest BCUT2D eigenvalue weighted by Crippen LogP contribution is 2.35. The van der Waals surface area contributed by atoms with Crippen LogP contribution in [0.25, 0.3) is 0 Å². The second-order valence-electron chi connectivity index (χ2n) is 7.91. The molecule has 0 atom stereocenters. The molecule has 0 radical (unpaired) electrons. The van der Waals surface area contributed by atoms with Gasteiger partial charge in [0.1, 0.15) is 0 Å². The molecule has 1 aliphatic heterocycles. The highest BCUT2D eigenvalue weighted by molar-refractivity contribution is 7.99. The predicted octanol–water partition coefficient (Wildman–Crippen LogP) is 4.47. The fourth-order valence-electron chi connectivity index (χ4n) is 4.26. The third-order valence-corrected chi connectivity index (χ3v) is 6.87. The lowest BCUT2D eigenvalue weighted by Crippen LogP contribution is -2.23. The topological polar surface area (TPSA) is 67.2 Å². The lowest BCUT2D eigenvalue weighted by atomic mass is 10.2. The van der Waals surface area contributed by atoms with Gasteiger partial charge < -0.3 is 14.8 Å². The summed E-state index contributed by atoms with van der Waals surface area (Å²) in [5.74, 6) is 0.451. The van der Waals surface area contributed by atoms with Gasteiger partial charge in [-0.1, -0.05) is 24.6 Å². The first-order valence-corrected chi connectivity index (χ1v) is 11.4. The Morgan fingerprint density at radius 2 is 1.90 bits per heavy atom. The molecule has 154 valence electrons. The average molecular weight is 413 g/mol. The van der Waals surface area contributed by atoms with E-state index in [-0.39, 0.29) is 11.8 Å². The summed E-state index contributed by atoms with van der Waals surface area (Å²) in [6.07, 6.45) is 6.45. The molecule has 4 rings (SSSR count). The Balaban J connectivity index is 1.36. The van der Waals surface area contributed by atoms with Crippen LogP contribution in [0.15, 0.2) is 29.4 Å². The van der Waals surface area contributed by atoms with Crippen LogP contribution in [0.5, 0.6) is 0 Å². The minimum absolute atomic E-state index is 0.0451. The third-order valence-electron chi connectivity index (χ3n) is 5.91. The molecule has 2 aromatic rings. The summed E-state index contributed by atoms with van der Waals surface area (Å²) in [5.41, 5.74) is 3.90. The van der Waals surface area contributed by atoms with E-state index in [0.717, 1.165) is 35.2 Å². The van der Waals surface area contributed by atoms with Gasteiger partial charge >= 0.3 is 0 Å². The van der Waals surface area contributed by atoms with Crippen molar-refractivity contribution in [3.8, 4) is 0 Å². The van der Waals surface area contributed by atoms with Crippen molar-refractivity contribution in [3.63, 3.8) is 0 Å². The zero-order valence-corrected chi connectivity index (χ0v) is 17.9. The minimum Gasteiger partial charge on any atom is -0.325 e. The van der Waals surface area contributed by atoms with Crippen molar-refractivity contribution in [3.05, 3.63) is 35.7 Å². The van der Waals surface area contributed by atoms with Crippen molar-refractivity contribution >= 4 is 35.0 Å². The van der Waals surface area contributed by atoms with Crippen molar-refractivity contribution in [2.75, 3.05) is 22.5 Å². The summed E-state index contributed by atoms with van der Waals surface area (Å²) in [5, 5.41) is 3.90. The summed E-state index contributed by atoms with van der Waals surface area (Å²) in [4.78, 5) is 30.8. The fourth-order valence-corrected chi connectivity index (χ4v) is 5.22. The molecule has 1 aromatic heterocycles. The number of thioether (sulfide) groups is 1. The van der Waals surface area contributed by atoms with Crippen LogP contribution in [0.4, 0.5) is 11.4 Å². The summed E-state index contributed by atoms with van der Waals surface area (Å²) in [6, 6.07) is 8.02. The summed E-state index contributed by atoms with van der Waals surface area (Å²) in [7, 11) is 0. The van der Waals surface area contributed by atoms with E-state index < -0.39 is 0 Å². The quantitative estimate of drug-likeness (QED) is 0.711. The molecular weight excluding hydrogens is 384 g/mol. The number of aromatic nitrogens is 2. The first kappa shape index (κ1) is 20.0. The van der Waals surface area contributed by atoms with Crippen LogP contribution in [0.3, 0.4) is 0 Å². The molecule has 2 heterocycles. The number of aryl methyl sites for hydroxylation is 1. The molecule has 6 nitrogen and oxygen atoms in total. The number of imidazole rings is 1. The van der Waals surface area contributed by atoms with Crippen molar-refractivity contribution in [1.82, 2.24) is 9.55 Å². The minimum atomic E-state index is -0.0451. The molecule has 1 N–H and O–H groups in total. The van der Waals surface area contributed by atoms with Crippen LogP contribution in [-0.2, 0) is 9.59 Å². The number of nitrogens with zero attached hydrogens (tertiary/aromatic N) is 3. The first-order chi connectivity index (χ1) is 14.0. The van der Waals surface area contributed by atoms with Gasteiger partial charge in [-0.15, -0.1) is 0 Å². The number of carbonyl (C=O) groups is 2. The summed E-state index contributed by atoms with van der Waals surface area (Å²) < 4.78 is 2.34. The van der Waals surface area contributed by atoms with E-state index in [1.807, 2.05) is 31.2 Å². The van der Waals surface area contributed by atoms with Gasteiger partial charge in [-0.2, -0.15) is 0 Å². The largest absolute Gasteiger partial charge is 0.325 e. The van der Waals surface area contributed by atoms with Crippen LogP contribution in [0.1, 0.15) is 56.0 Å². The van der Waals surface area contributed by atoms with Gasteiger partial charge in [-0.05, 0) is 57.4 Å². The first-order valence-electron chi connectivity index (χ1n) is 10.4. The smallest absolute Gasteiger partial charge is 0.234 e. The fraction of sp³-hybridized carbons (Fsp3) is 0.500. The number of benzene rings is 1. The summed E-state index contributed by atoms with van der Waals surface area (Å²) in [6.45, 7) is 4.93. The average Bonchev–Trinajstić information content (AvgIpc) is 3.43. The molecule has 0 bridgehead atoms. The highest BCUT2D eigenvalue weighted by Gasteiger charge is 2.24. The van der Waals surface area contributed by atoms with E-state index >= 15 is 0 Å². The van der Waals surface area contributed by atoms with Gasteiger partial charge in [0.05, 0.1) is 11.4 Å².